The molecule has 0 saturated heterocycles. The summed E-state index contributed by atoms with van der Waals surface area (Å²) in [5.41, 5.74) is 17.9. The molecule has 7 N–H and O–H groups in total. The van der Waals surface area contributed by atoms with Gasteiger partial charge < -0.3 is 27.6 Å². The SMILES string of the molecule is CC(=N)/C(Cc1ccc(N/C=C/c2cnccc2/C(C=N)=C/N)cc1)=C(/C)N. The molecule has 0 spiro atoms. The van der Waals surface area contributed by atoms with E-state index in [2.05, 4.69) is 10.3 Å². The van der Waals surface area contributed by atoms with Crippen molar-refractivity contribution >= 4 is 29.3 Å². The van der Waals surface area contributed by atoms with E-state index in [1.807, 2.05) is 49.5 Å². The second-order valence-corrected chi connectivity index (χ2v) is 6.37. The summed E-state index contributed by atoms with van der Waals surface area (Å²) in [6.45, 7) is 3.58. The fourth-order valence-electron chi connectivity index (χ4n) is 2.74. The van der Waals surface area contributed by atoms with Crippen molar-refractivity contribution in [2.24, 2.45) is 11.5 Å². The lowest BCUT2D eigenvalue weighted by Crippen LogP contribution is -2.08. The summed E-state index contributed by atoms with van der Waals surface area (Å²) in [4.78, 5) is 4.14. The maximum Gasteiger partial charge on any atom is 0.0379 e. The van der Waals surface area contributed by atoms with Crippen LogP contribution < -0.4 is 16.8 Å². The molecule has 6 heteroatoms. The van der Waals surface area contributed by atoms with E-state index in [1.54, 1.807) is 19.3 Å². The third-order valence-corrected chi connectivity index (χ3v) is 4.27. The van der Waals surface area contributed by atoms with Crippen molar-refractivity contribution in [3.63, 3.8) is 0 Å². The van der Waals surface area contributed by atoms with Crippen molar-refractivity contribution in [2.75, 3.05) is 5.32 Å². The molecular formula is C22H26N6. The van der Waals surface area contributed by atoms with E-state index in [-0.39, 0.29) is 0 Å². The molecule has 0 amide bonds. The highest BCUT2D eigenvalue weighted by Crippen LogP contribution is 2.18. The van der Waals surface area contributed by atoms with Gasteiger partial charge in [-0.25, -0.2) is 0 Å². The number of anilines is 1. The molecule has 6 nitrogen and oxygen atoms in total. The molecular weight excluding hydrogens is 348 g/mol. The lowest BCUT2D eigenvalue weighted by Gasteiger charge is -2.09. The molecule has 144 valence electrons. The van der Waals surface area contributed by atoms with Gasteiger partial charge in [0.25, 0.3) is 0 Å². The zero-order chi connectivity index (χ0) is 20.5. The van der Waals surface area contributed by atoms with Crippen LogP contribution in [0, 0.1) is 10.8 Å². The van der Waals surface area contributed by atoms with Gasteiger partial charge in [-0.15, -0.1) is 0 Å². The third-order valence-electron chi connectivity index (χ3n) is 4.27. The number of hydrogen-bond acceptors (Lipinski definition) is 6. The Kier molecular flexibility index (Phi) is 7.28. The summed E-state index contributed by atoms with van der Waals surface area (Å²) in [7, 11) is 0. The second-order valence-electron chi connectivity index (χ2n) is 6.37. The second kappa shape index (κ2) is 9.87. The van der Waals surface area contributed by atoms with Gasteiger partial charge in [0, 0.05) is 65.7 Å². The molecule has 2 aromatic rings. The summed E-state index contributed by atoms with van der Waals surface area (Å²) in [6, 6.07) is 9.82. The molecule has 0 radical (unpaired) electrons. The molecule has 0 saturated carbocycles. The zero-order valence-corrected chi connectivity index (χ0v) is 16.2. The number of nitrogens with zero attached hydrogens (tertiary/aromatic N) is 1. The molecule has 0 aliphatic carbocycles. The van der Waals surface area contributed by atoms with E-state index in [4.69, 9.17) is 22.3 Å². The average Bonchev–Trinajstić information content (AvgIpc) is 2.68. The van der Waals surface area contributed by atoms with E-state index in [0.717, 1.165) is 28.0 Å². The van der Waals surface area contributed by atoms with Gasteiger partial charge in [0.2, 0.25) is 0 Å². The summed E-state index contributed by atoms with van der Waals surface area (Å²) < 4.78 is 0. The monoisotopic (exact) mass is 374 g/mol. The number of pyridine rings is 1. The quantitative estimate of drug-likeness (QED) is 0.449. The Balaban J connectivity index is 2.10. The Labute approximate surface area is 165 Å². The summed E-state index contributed by atoms with van der Waals surface area (Å²) in [6.07, 6.45) is 10.4. The maximum absolute atomic E-state index is 7.83. The van der Waals surface area contributed by atoms with Gasteiger partial charge >= 0.3 is 0 Å². The number of hydrogen-bond donors (Lipinski definition) is 5. The van der Waals surface area contributed by atoms with Crippen molar-refractivity contribution in [3.05, 3.63) is 83.1 Å². The Morgan fingerprint density at radius 1 is 1.18 bits per heavy atom. The molecule has 2 rings (SSSR count). The van der Waals surface area contributed by atoms with Crippen LogP contribution in [0.2, 0.25) is 0 Å². The Morgan fingerprint density at radius 2 is 1.89 bits per heavy atom. The molecule has 1 aromatic carbocycles. The lowest BCUT2D eigenvalue weighted by molar-refractivity contribution is 1.13. The Hall–Kier alpha value is -3.67. The maximum atomic E-state index is 7.83. The molecule has 0 fully saturated rings. The topological polar surface area (TPSA) is 125 Å². The predicted octanol–water partition coefficient (Wildman–Crippen LogP) is 3.93. The molecule has 0 aliphatic heterocycles. The summed E-state index contributed by atoms with van der Waals surface area (Å²) in [5, 5.41) is 18.5. The molecule has 28 heavy (non-hydrogen) atoms. The number of allylic oxidation sites excluding steroid dienone is 3. The van der Waals surface area contributed by atoms with Crippen LogP contribution in [0.1, 0.15) is 30.5 Å². The van der Waals surface area contributed by atoms with Gasteiger partial charge in [-0.1, -0.05) is 12.1 Å². The van der Waals surface area contributed by atoms with E-state index in [9.17, 15) is 0 Å². The van der Waals surface area contributed by atoms with Gasteiger partial charge in [0.15, 0.2) is 0 Å². The highest BCUT2D eigenvalue weighted by Gasteiger charge is 2.05. The number of nitrogens with two attached hydrogens (primary N) is 2. The van der Waals surface area contributed by atoms with Crippen LogP contribution in [0.25, 0.3) is 11.6 Å². The average molecular weight is 374 g/mol. The molecule has 1 aromatic heterocycles. The first-order valence-corrected chi connectivity index (χ1v) is 8.85. The minimum atomic E-state index is 0.494. The van der Waals surface area contributed by atoms with Crippen LogP contribution in [-0.2, 0) is 6.42 Å². The van der Waals surface area contributed by atoms with Crippen LogP contribution in [0.3, 0.4) is 0 Å². The van der Waals surface area contributed by atoms with Gasteiger partial charge in [-0.3, -0.25) is 4.98 Å². The van der Waals surface area contributed by atoms with Crippen LogP contribution >= 0.6 is 0 Å². The van der Waals surface area contributed by atoms with Crippen LogP contribution in [0.5, 0.6) is 0 Å². The lowest BCUT2D eigenvalue weighted by atomic mass is 10.00. The molecule has 0 atom stereocenters. The number of aromatic nitrogens is 1. The number of nitrogens with one attached hydrogen (secondary N) is 3. The first-order valence-electron chi connectivity index (χ1n) is 8.85. The molecule has 1 heterocycles. The number of benzene rings is 1. The molecule has 0 bridgehead atoms. The van der Waals surface area contributed by atoms with Crippen molar-refractivity contribution in [1.82, 2.24) is 4.98 Å². The van der Waals surface area contributed by atoms with Crippen LogP contribution in [0.4, 0.5) is 5.69 Å². The fourth-order valence-corrected chi connectivity index (χ4v) is 2.74. The molecule has 0 aliphatic rings. The third kappa shape index (κ3) is 5.41. The minimum absolute atomic E-state index is 0.494. The zero-order valence-electron chi connectivity index (χ0n) is 16.2. The highest BCUT2D eigenvalue weighted by atomic mass is 14.8. The summed E-state index contributed by atoms with van der Waals surface area (Å²) in [5.74, 6) is 0. The van der Waals surface area contributed by atoms with Gasteiger partial charge in [-0.05, 0) is 54.8 Å². The van der Waals surface area contributed by atoms with Crippen molar-refractivity contribution in [2.45, 2.75) is 20.3 Å². The van der Waals surface area contributed by atoms with Gasteiger partial charge in [0.1, 0.15) is 0 Å². The van der Waals surface area contributed by atoms with Crippen molar-refractivity contribution in [3.8, 4) is 0 Å². The largest absolute Gasteiger partial charge is 0.404 e. The summed E-state index contributed by atoms with van der Waals surface area (Å²) >= 11 is 0. The van der Waals surface area contributed by atoms with Crippen molar-refractivity contribution < 1.29 is 0 Å². The van der Waals surface area contributed by atoms with E-state index >= 15 is 0 Å². The highest BCUT2D eigenvalue weighted by molar-refractivity contribution is 6.09. The first-order chi connectivity index (χ1) is 13.5. The fraction of sp³-hybridized carbons (Fsp3) is 0.136. The van der Waals surface area contributed by atoms with Crippen LogP contribution in [0.15, 0.2) is 66.4 Å². The van der Waals surface area contributed by atoms with Crippen molar-refractivity contribution in [1.29, 1.82) is 10.8 Å². The van der Waals surface area contributed by atoms with E-state index in [0.29, 0.717) is 23.4 Å². The first kappa shape index (κ1) is 20.6. The minimum Gasteiger partial charge on any atom is -0.404 e. The standard InChI is InChI=1S/C22H26N6/c1-15(25)22(16(2)26)11-17-3-5-20(6-4-17)28-10-7-18-14-27-9-8-21(18)19(12-23)13-24/h3-10,12-14,23,25,28H,11,24,26H2,1-2H3/b10-7+,19-13+,22-16-,23-12?,25-15?. The van der Waals surface area contributed by atoms with Gasteiger partial charge in [0.05, 0.1) is 0 Å². The van der Waals surface area contributed by atoms with E-state index < -0.39 is 0 Å². The van der Waals surface area contributed by atoms with E-state index in [1.165, 1.54) is 12.4 Å². The van der Waals surface area contributed by atoms with Crippen LogP contribution in [-0.4, -0.2) is 16.9 Å². The normalized spacial score (nSPS) is 12.6. The predicted molar refractivity (Wildman–Crippen MR) is 118 cm³/mol. The molecule has 0 unspecified atom stereocenters. The number of rotatable bonds is 8. The Morgan fingerprint density at radius 3 is 2.46 bits per heavy atom. The van der Waals surface area contributed by atoms with Gasteiger partial charge in [-0.2, -0.15) is 0 Å². The smallest absolute Gasteiger partial charge is 0.0379 e. The Bertz CT molecular complexity index is 932.